The first kappa shape index (κ1) is 19.0. The smallest absolute Gasteiger partial charge is 0.307 e. The van der Waals surface area contributed by atoms with E-state index in [1.54, 1.807) is 18.1 Å². The van der Waals surface area contributed by atoms with Crippen molar-refractivity contribution in [3.05, 3.63) is 33.8 Å². The number of halogens is 2. The van der Waals surface area contributed by atoms with Gasteiger partial charge in [0.2, 0.25) is 5.91 Å². The lowest BCUT2D eigenvalue weighted by atomic mass is 10.1. The molecule has 24 heavy (non-hydrogen) atoms. The van der Waals surface area contributed by atoms with Crippen LogP contribution in [-0.4, -0.2) is 50.7 Å². The Bertz CT molecular complexity index is 608. The molecule has 0 aliphatic heterocycles. The fourth-order valence-corrected chi connectivity index (χ4v) is 2.98. The summed E-state index contributed by atoms with van der Waals surface area (Å²) in [5.74, 6) is -0.235. The quantitative estimate of drug-likeness (QED) is 0.656. The van der Waals surface area contributed by atoms with E-state index >= 15 is 0 Å². The van der Waals surface area contributed by atoms with Crippen LogP contribution in [0.2, 0.25) is 10.0 Å². The first-order chi connectivity index (χ1) is 11.5. The summed E-state index contributed by atoms with van der Waals surface area (Å²) in [5, 5.41) is 0.998. The van der Waals surface area contributed by atoms with Gasteiger partial charge in [0.25, 0.3) is 0 Å². The highest BCUT2D eigenvalue weighted by molar-refractivity contribution is 6.42. The monoisotopic (exact) mass is 373 g/mol. The van der Waals surface area contributed by atoms with Gasteiger partial charge in [0, 0.05) is 26.1 Å². The maximum Gasteiger partial charge on any atom is 0.307 e. The van der Waals surface area contributed by atoms with Crippen LogP contribution in [0.5, 0.6) is 0 Å². The number of esters is 1. The zero-order valence-electron chi connectivity index (χ0n) is 13.8. The van der Waals surface area contributed by atoms with Crippen LogP contribution in [0.25, 0.3) is 0 Å². The molecule has 2 atom stereocenters. The molecular formula is C17H21Cl2NO4. The van der Waals surface area contributed by atoms with Gasteiger partial charge in [-0.2, -0.15) is 0 Å². The van der Waals surface area contributed by atoms with E-state index in [1.165, 1.54) is 7.11 Å². The SMILES string of the molecule is COCCN(CCC(=O)OC)C(=O)C1CC1c1ccc(Cl)c(Cl)c1. The highest BCUT2D eigenvalue weighted by Crippen LogP contribution is 2.49. The lowest BCUT2D eigenvalue weighted by Crippen LogP contribution is -2.37. The normalized spacial score (nSPS) is 19.0. The largest absolute Gasteiger partial charge is 0.469 e. The Balaban J connectivity index is 1.99. The molecule has 1 aliphatic carbocycles. The second kappa shape index (κ2) is 8.70. The number of carbonyl (C=O) groups is 2. The standard InChI is InChI=1S/C17H21Cl2NO4/c1-23-8-7-20(6-5-16(21)24-2)17(22)13-10-12(13)11-3-4-14(18)15(19)9-11/h3-4,9,12-13H,5-8,10H2,1-2H3. The molecule has 0 heterocycles. The van der Waals surface area contributed by atoms with Crippen molar-refractivity contribution in [3.8, 4) is 0 Å². The molecule has 1 aromatic rings. The molecule has 0 spiro atoms. The van der Waals surface area contributed by atoms with Gasteiger partial charge < -0.3 is 14.4 Å². The van der Waals surface area contributed by atoms with Crippen LogP contribution in [-0.2, 0) is 19.1 Å². The number of rotatable bonds is 8. The van der Waals surface area contributed by atoms with Gasteiger partial charge in [0.05, 0.1) is 30.2 Å². The summed E-state index contributed by atoms with van der Waals surface area (Å²) in [7, 11) is 2.92. The molecule has 7 heteroatoms. The summed E-state index contributed by atoms with van der Waals surface area (Å²) in [4.78, 5) is 25.7. The molecule has 0 N–H and O–H groups in total. The van der Waals surface area contributed by atoms with Crippen LogP contribution >= 0.6 is 23.2 Å². The van der Waals surface area contributed by atoms with Crippen LogP contribution in [0.4, 0.5) is 0 Å². The van der Waals surface area contributed by atoms with Gasteiger partial charge >= 0.3 is 5.97 Å². The van der Waals surface area contributed by atoms with Gasteiger partial charge in [-0.3, -0.25) is 9.59 Å². The maximum atomic E-state index is 12.7. The molecule has 0 radical (unpaired) electrons. The second-order valence-electron chi connectivity index (χ2n) is 5.77. The minimum absolute atomic E-state index is 0.0343. The Hall–Kier alpha value is -1.30. The number of nitrogens with zero attached hydrogens (tertiary/aromatic N) is 1. The third-order valence-corrected chi connectivity index (χ3v) is 4.91. The molecule has 132 valence electrons. The molecule has 1 aromatic carbocycles. The first-order valence-electron chi connectivity index (χ1n) is 7.77. The van der Waals surface area contributed by atoms with Crippen molar-refractivity contribution < 1.29 is 19.1 Å². The summed E-state index contributed by atoms with van der Waals surface area (Å²) in [6.07, 6.45) is 0.953. The van der Waals surface area contributed by atoms with Crippen LogP contribution in [0.1, 0.15) is 24.3 Å². The van der Waals surface area contributed by atoms with Crippen molar-refractivity contribution in [1.82, 2.24) is 4.90 Å². The molecule has 1 fully saturated rings. The van der Waals surface area contributed by atoms with Crippen molar-refractivity contribution >= 4 is 35.1 Å². The zero-order valence-corrected chi connectivity index (χ0v) is 15.3. The van der Waals surface area contributed by atoms with Gasteiger partial charge in [0.1, 0.15) is 0 Å². The zero-order chi connectivity index (χ0) is 17.7. The third kappa shape index (κ3) is 4.85. The van der Waals surface area contributed by atoms with Crippen LogP contribution in [0.15, 0.2) is 18.2 Å². The van der Waals surface area contributed by atoms with E-state index < -0.39 is 0 Å². The van der Waals surface area contributed by atoms with E-state index in [4.69, 9.17) is 27.9 Å². The highest BCUT2D eigenvalue weighted by Gasteiger charge is 2.45. The van der Waals surface area contributed by atoms with Gasteiger partial charge in [-0.1, -0.05) is 29.3 Å². The van der Waals surface area contributed by atoms with Gasteiger partial charge in [-0.15, -0.1) is 0 Å². The van der Waals surface area contributed by atoms with Crippen molar-refractivity contribution in [2.45, 2.75) is 18.8 Å². The first-order valence-corrected chi connectivity index (χ1v) is 8.53. The van der Waals surface area contributed by atoms with E-state index in [0.717, 1.165) is 12.0 Å². The predicted octanol–water partition coefficient (Wildman–Crippen LogP) is 3.14. The van der Waals surface area contributed by atoms with E-state index in [0.29, 0.717) is 29.7 Å². The molecule has 1 amide bonds. The average molecular weight is 374 g/mol. The summed E-state index contributed by atoms with van der Waals surface area (Å²) in [6, 6.07) is 5.47. The Kier molecular flexibility index (Phi) is 6.90. The van der Waals surface area contributed by atoms with Crippen molar-refractivity contribution in [2.75, 3.05) is 33.9 Å². The number of methoxy groups -OCH3 is 2. The van der Waals surface area contributed by atoms with E-state index in [1.807, 2.05) is 12.1 Å². The van der Waals surface area contributed by atoms with E-state index in [9.17, 15) is 9.59 Å². The van der Waals surface area contributed by atoms with Crippen LogP contribution < -0.4 is 0 Å². The summed E-state index contributed by atoms with van der Waals surface area (Å²) >= 11 is 12.0. The lowest BCUT2D eigenvalue weighted by molar-refractivity contribution is -0.142. The number of ether oxygens (including phenoxy) is 2. The molecule has 2 unspecified atom stereocenters. The summed E-state index contributed by atoms with van der Waals surface area (Å²) in [5.41, 5.74) is 1.02. The van der Waals surface area contributed by atoms with Gasteiger partial charge in [-0.05, 0) is 30.0 Å². The molecule has 0 bridgehead atoms. The van der Waals surface area contributed by atoms with Crippen molar-refractivity contribution in [2.24, 2.45) is 5.92 Å². The highest BCUT2D eigenvalue weighted by atomic mass is 35.5. The Labute approximate surface area is 151 Å². The van der Waals surface area contributed by atoms with Gasteiger partial charge in [0.15, 0.2) is 0 Å². The van der Waals surface area contributed by atoms with Gasteiger partial charge in [-0.25, -0.2) is 0 Å². The number of hydrogen-bond donors (Lipinski definition) is 0. The lowest BCUT2D eigenvalue weighted by Gasteiger charge is -2.22. The van der Waals surface area contributed by atoms with E-state index in [2.05, 4.69) is 4.74 Å². The molecule has 1 aliphatic rings. The molecular weight excluding hydrogens is 353 g/mol. The number of benzene rings is 1. The van der Waals surface area contributed by atoms with E-state index in [-0.39, 0.29) is 30.1 Å². The minimum Gasteiger partial charge on any atom is -0.469 e. The third-order valence-electron chi connectivity index (χ3n) is 4.17. The average Bonchev–Trinajstić information content (AvgIpc) is 3.37. The predicted molar refractivity (Wildman–Crippen MR) is 92.4 cm³/mol. The topological polar surface area (TPSA) is 55.8 Å². The molecule has 0 aromatic heterocycles. The fraction of sp³-hybridized carbons (Fsp3) is 0.529. The Morgan fingerprint density at radius 1 is 1.21 bits per heavy atom. The number of carbonyl (C=O) groups excluding carboxylic acids is 2. The summed E-state index contributed by atoms with van der Waals surface area (Å²) < 4.78 is 9.69. The van der Waals surface area contributed by atoms with Crippen LogP contribution in [0, 0.1) is 5.92 Å². The molecule has 5 nitrogen and oxygen atoms in total. The fourth-order valence-electron chi connectivity index (χ4n) is 2.68. The summed E-state index contributed by atoms with van der Waals surface area (Å²) in [6.45, 7) is 1.22. The molecule has 2 rings (SSSR count). The van der Waals surface area contributed by atoms with Crippen molar-refractivity contribution in [3.63, 3.8) is 0 Å². The number of hydrogen-bond acceptors (Lipinski definition) is 4. The number of amides is 1. The molecule has 1 saturated carbocycles. The minimum atomic E-state index is -0.331. The Morgan fingerprint density at radius 3 is 2.58 bits per heavy atom. The second-order valence-corrected chi connectivity index (χ2v) is 6.58. The molecule has 0 saturated heterocycles. The van der Waals surface area contributed by atoms with Crippen molar-refractivity contribution in [1.29, 1.82) is 0 Å². The Morgan fingerprint density at radius 2 is 1.96 bits per heavy atom. The van der Waals surface area contributed by atoms with Crippen LogP contribution in [0.3, 0.4) is 0 Å². The maximum absolute atomic E-state index is 12.7.